The number of anilines is 2. The molecule has 2 rings (SSSR count). The molecule has 4 nitrogen and oxygen atoms in total. The van der Waals surface area contributed by atoms with Gasteiger partial charge in [0.1, 0.15) is 0 Å². The SMILES string of the molecule is CC1CN(CCC(=O)Nc2ccccc2N)CCS1. The second-order valence-corrected chi connectivity index (χ2v) is 6.41. The number of carbonyl (C=O) groups is 1. The van der Waals surface area contributed by atoms with Crippen LogP contribution in [0.15, 0.2) is 24.3 Å². The molecule has 1 aromatic carbocycles. The zero-order chi connectivity index (χ0) is 13.7. The first kappa shape index (κ1) is 14.2. The lowest BCUT2D eigenvalue weighted by molar-refractivity contribution is -0.116. The van der Waals surface area contributed by atoms with Crippen LogP contribution < -0.4 is 11.1 Å². The lowest BCUT2D eigenvalue weighted by Crippen LogP contribution is -2.38. The number of nitrogen functional groups attached to an aromatic ring is 1. The van der Waals surface area contributed by atoms with Gasteiger partial charge in [-0.05, 0) is 12.1 Å². The fourth-order valence-electron chi connectivity index (χ4n) is 2.18. The first-order chi connectivity index (χ1) is 9.15. The van der Waals surface area contributed by atoms with E-state index in [-0.39, 0.29) is 5.91 Å². The predicted molar refractivity (Wildman–Crippen MR) is 82.5 cm³/mol. The molecular weight excluding hydrogens is 258 g/mol. The molecule has 0 bridgehead atoms. The third-order valence-corrected chi connectivity index (χ3v) is 4.35. The van der Waals surface area contributed by atoms with Crippen LogP contribution in [0.2, 0.25) is 0 Å². The Morgan fingerprint density at radius 3 is 3.05 bits per heavy atom. The van der Waals surface area contributed by atoms with E-state index in [2.05, 4.69) is 17.1 Å². The van der Waals surface area contributed by atoms with E-state index < -0.39 is 0 Å². The Balaban J connectivity index is 1.77. The molecule has 19 heavy (non-hydrogen) atoms. The number of nitrogens with one attached hydrogen (secondary N) is 1. The summed E-state index contributed by atoms with van der Waals surface area (Å²) in [5, 5.41) is 3.53. The molecule has 104 valence electrons. The molecule has 0 aliphatic carbocycles. The van der Waals surface area contributed by atoms with Crippen LogP contribution in [0.4, 0.5) is 11.4 Å². The van der Waals surface area contributed by atoms with Crippen LogP contribution in [0.3, 0.4) is 0 Å². The van der Waals surface area contributed by atoms with Gasteiger partial charge < -0.3 is 16.0 Å². The fraction of sp³-hybridized carbons (Fsp3) is 0.500. The lowest BCUT2D eigenvalue weighted by atomic mass is 10.2. The van der Waals surface area contributed by atoms with Crippen molar-refractivity contribution in [2.24, 2.45) is 0 Å². The third kappa shape index (κ3) is 4.44. The minimum absolute atomic E-state index is 0.0313. The Hall–Kier alpha value is -1.20. The summed E-state index contributed by atoms with van der Waals surface area (Å²) in [6.45, 7) is 5.21. The van der Waals surface area contributed by atoms with E-state index in [0.717, 1.165) is 25.4 Å². The van der Waals surface area contributed by atoms with Gasteiger partial charge in [0.2, 0.25) is 5.91 Å². The molecule has 1 amide bonds. The van der Waals surface area contributed by atoms with E-state index in [1.165, 1.54) is 0 Å². The van der Waals surface area contributed by atoms with Gasteiger partial charge in [-0.15, -0.1) is 0 Å². The molecule has 1 aromatic rings. The van der Waals surface area contributed by atoms with Crippen molar-refractivity contribution in [2.45, 2.75) is 18.6 Å². The minimum Gasteiger partial charge on any atom is -0.397 e. The molecule has 0 aromatic heterocycles. The highest BCUT2D eigenvalue weighted by Gasteiger charge is 2.17. The number of benzene rings is 1. The highest BCUT2D eigenvalue weighted by atomic mass is 32.2. The Morgan fingerprint density at radius 2 is 2.32 bits per heavy atom. The van der Waals surface area contributed by atoms with Gasteiger partial charge in [0.05, 0.1) is 11.4 Å². The van der Waals surface area contributed by atoms with E-state index in [4.69, 9.17) is 5.73 Å². The smallest absolute Gasteiger partial charge is 0.225 e. The second-order valence-electron chi connectivity index (χ2n) is 4.87. The maximum Gasteiger partial charge on any atom is 0.225 e. The summed E-state index contributed by atoms with van der Waals surface area (Å²) >= 11 is 2.00. The molecule has 3 N–H and O–H groups in total. The van der Waals surface area contributed by atoms with Crippen LogP contribution in [0.1, 0.15) is 13.3 Å². The highest BCUT2D eigenvalue weighted by molar-refractivity contribution is 7.99. The van der Waals surface area contributed by atoms with Crippen molar-refractivity contribution in [3.8, 4) is 0 Å². The lowest BCUT2D eigenvalue weighted by Gasteiger charge is -2.30. The predicted octanol–water partition coefficient (Wildman–Crippen LogP) is 2.03. The van der Waals surface area contributed by atoms with Crippen LogP contribution in [0, 0.1) is 0 Å². The summed E-state index contributed by atoms with van der Waals surface area (Å²) in [6, 6.07) is 7.35. The van der Waals surface area contributed by atoms with Crippen LogP contribution in [-0.4, -0.2) is 41.4 Å². The summed E-state index contributed by atoms with van der Waals surface area (Å²) in [4.78, 5) is 14.2. The average Bonchev–Trinajstić information content (AvgIpc) is 2.39. The monoisotopic (exact) mass is 279 g/mol. The molecule has 1 atom stereocenters. The molecule has 1 heterocycles. The zero-order valence-corrected chi connectivity index (χ0v) is 12.1. The number of nitrogens with zero attached hydrogens (tertiary/aromatic N) is 1. The number of carbonyl (C=O) groups excluding carboxylic acids is 1. The number of nitrogens with two attached hydrogens (primary N) is 1. The van der Waals surface area contributed by atoms with Crippen molar-refractivity contribution in [1.82, 2.24) is 4.90 Å². The molecule has 0 radical (unpaired) electrons. The molecular formula is C14H21N3OS. The summed E-state index contributed by atoms with van der Waals surface area (Å²) in [5.74, 6) is 1.19. The van der Waals surface area contributed by atoms with Gasteiger partial charge in [0, 0.05) is 37.1 Å². The van der Waals surface area contributed by atoms with E-state index in [9.17, 15) is 4.79 Å². The van der Waals surface area contributed by atoms with E-state index >= 15 is 0 Å². The van der Waals surface area contributed by atoms with Crippen LogP contribution >= 0.6 is 11.8 Å². The van der Waals surface area contributed by atoms with Crippen molar-refractivity contribution >= 4 is 29.0 Å². The van der Waals surface area contributed by atoms with Crippen molar-refractivity contribution in [1.29, 1.82) is 0 Å². The standard InChI is InChI=1S/C14H21N3OS/c1-11-10-17(8-9-19-11)7-6-14(18)16-13-5-3-2-4-12(13)15/h2-5,11H,6-10,15H2,1H3,(H,16,18). The van der Waals surface area contributed by atoms with Gasteiger partial charge in [0.15, 0.2) is 0 Å². The number of para-hydroxylation sites is 2. The Labute approximate surface area is 118 Å². The Bertz CT molecular complexity index is 438. The first-order valence-electron chi connectivity index (χ1n) is 6.63. The van der Waals surface area contributed by atoms with Gasteiger partial charge in [-0.25, -0.2) is 0 Å². The van der Waals surface area contributed by atoms with Gasteiger partial charge >= 0.3 is 0 Å². The van der Waals surface area contributed by atoms with Crippen LogP contribution in [-0.2, 0) is 4.79 Å². The van der Waals surface area contributed by atoms with Crippen molar-refractivity contribution < 1.29 is 4.79 Å². The van der Waals surface area contributed by atoms with Crippen molar-refractivity contribution in [2.75, 3.05) is 36.4 Å². The molecule has 1 aliphatic heterocycles. The zero-order valence-electron chi connectivity index (χ0n) is 11.3. The number of hydrogen-bond acceptors (Lipinski definition) is 4. The van der Waals surface area contributed by atoms with E-state index in [1.54, 1.807) is 6.07 Å². The largest absolute Gasteiger partial charge is 0.397 e. The number of rotatable bonds is 4. The molecule has 5 heteroatoms. The molecule has 1 unspecified atom stereocenters. The van der Waals surface area contributed by atoms with Gasteiger partial charge in [-0.1, -0.05) is 19.1 Å². The van der Waals surface area contributed by atoms with Crippen LogP contribution in [0.25, 0.3) is 0 Å². The Morgan fingerprint density at radius 1 is 1.53 bits per heavy atom. The highest BCUT2D eigenvalue weighted by Crippen LogP contribution is 2.19. The number of amides is 1. The fourth-order valence-corrected chi connectivity index (χ4v) is 3.26. The van der Waals surface area contributed by atoms with E-state index in [1.807, 2.05) is 30.0 Å². The Kier molecular flexibility index (Phi) is 5.10. The second kappa shape index (κ2) is 6.82. The van der Waals surface area contributed by atoms with Gasteiger partial charge in [-0.3, -0.25) is 4.79 Å². The minimum atomic E-state index is 0.0313. The van der Waals surface area contributed by atoms with Gasteiger partial charge in [-0.2, -0.15) is 11.8 Å². The van der Waals surface area contributed by atoms with Crippen molar-refractivity contribution in [3.05, 3.63) is 24.3 Å². The average molecular weight is 279 g/mol. The summed E-state index contributed by atoms with van der Waals surface area (Å²) in [6.07, 6.45) is 0.520. The normalized spacial score (nSPS) is 20.2. The quantitative estimate of drug-likeness (QED) is 0.828. The van der Waals surface area contributed by atoms with E-state index in [0.29, 0.717) is 23.0 Å². The number of hydrogen-bond donors (Lipinski definition) is 2. The van der Waals surface area contributed by atoms with Crippen molar-refractivity contribution in [3.63, 3.8) is 0 Å². The molecule has 1 aliphatic rings. The summed E-state index contributed by atoms with van der Waals surface area (Å²) in [5.41, 5.74) is 7.11. The summed E-state index contributed by atoms with van der Waals surface area (Å²) in [7, 11) is 0. The summed E-state index contributed by atoms with van der Waals surface area (Å²) < 4.78 is 0. The maximum atomic E-state index is 11.9. The maximum absolute atomic E-state index is 11.9. The third-order valence-electron chi connectivity index (χ3n) is 3.22. The number of thioether (sulfide) groups is 1. The first-order valence-corrected chi connectivity index (χ1v) is 7.68. The molecule has 1 fully saturated rings. The van der Waals surface area contributed by atoms with Gasteiger partial charge in [0.25, 0.3) is 0 Å². The topological polar surface area (TPSA) is 58.4 Å². The molecule has 0 saturated carbocycles. The molecule has 1 saturated heterocycles. The molecule has 0 spiro atoms. The van der Waals surface area contributed by atoms with Crippen LogP contribution in [0.5, 0.6) is 0 Å².